The highest BCUT2D eigenvalue weighted by Gasteiger charge is 2.09. The van der Waals surface area contributed by atoms with Crippen LogP contribution in [-0.2, 0) is 51.9 Å². The van der Waals surface area contributed by atoms with Gasteiger partial charge in [-0.2, -0.15) is 0 Å². The summed E-state index contributed by atoms with van der Waals surface area (Å²) in [5, 5.41) is 33.1. The average molecular weight is 1020 g/mol. The molecule has 12 heteroatoms. The molecule has 4 rings (SSSR count). The predicted octanol–water partition coefficient (Wildman–Crippen LogP) is 16.7. The van der Waals surface area contributed by atoms with Crippen LogP contribution in [0.4, 0.5) is 0 Å². The molecule has 4 heterocycles. The van der Waals surface area contributed by atoms with Gasteiger partial charge >= 0.3 is 0 Å². The Balaban J connectivity index is 0.000000488. The Labute approximate surface area is 450 Å². The van der Waals surface area contributed by atoms with Crippen LogP contribution in [0.25, 0.3) is 0 Å². The van der Waals surface area contributed by atoms with Crippen LogP contribution >= 0.6 is 0 Å². The summed E-state index contributed by atoms with van der Waals surface area (Å²) in [4.78, 5) is 0. The maximum absolute atomic E-state index is 4.25. The van der Waals surface area contributed by atoms with Crippen molar-refractivity contribution in [2.24, 2.45) is 47.3 Å². The third-order valence-corrected chi connectivity index (χ3v) is 13.4. The van der Waals surface area contributed by atoms with Gasteiger partial charge in [-0.1, -0.05) is 209 Å². The van der Waals surface area contributed by atoms with Crippen LogP contribution in [0.15, 0.2) is 24.8 Å². The van der Waals surface area contributed by atoms with E-state index in [1.54, 1.807) is 0 Å². The van der Waals surface area contributed by atoms with Crippen molar-refractivity contribution in [3.8, 4) is 0 Å². The summed E-state index contributed by atoms with van der Waals surface area (Å²) in [6.07, 6.45) is 39.5. The second-order valence-electron chi connectivity index (χ2n) is 24.9. The van der Waals surface area contributed by atoms with E-state index in [2.05, 4.69) is 172 Å². The van der Waals surface area contributed by atoms with Gasteiger partial charge in [-0.15, -0.1) is 20.4 Å². The molecule has 4 aromatic heterocycles. The highest BCUT2D eigenvalue weighted by molar-refractivity contribution is 4.96. The molecule has 0 bridgehead atoms. The van der Waals surface area contributed by atoms with Gasteiger partial charge in [-0.3, -0.25) is 4.68 Å². The molecule has 0 aliphatic carbocycles. The molecule has 0 saturated heterocycles. The molecule has 0 aliphatic rings. The van der Waals surface area contributed by atoms with Crippen molar-refractivity contribution in [1.29, 1.82) is 0 Å². The molecular weight excluding hydrogens is 901 g/mol. The number of aromatic nitrogens is 12. The lowest BCUT2D eigenvalue weighted by atomic mass is 10.0. The lowest BCUT2D eigenvalue weighted by molar-refractivity contribution is 0.461. The minimum Gasteiger partial charge on any atom is -0.252 e. The molecule has 0 saturated carbocycles. The molecule has 0 unspecified atom stereocenters. The van der Waals surface area contributed by atoms with Gasteiger partial charge in [0.05, 0.1) is 41.4 Å². The minimum atomic E-state index is 0.730. The highest BCUT2D eigenvalue weighted by atomic mass is 15.4. The number of unbranched alkanes of at least 4 members (excludes halogenated alkanes) is 7. The summed E-state index contributed by atoms with van der Waals surface area (Å²) >= 11 is 0. The molecule has 12 nitrogen and oxygen atoms in total. The van der Waals surface area contributed by atoms with Gasteiger partial charge in [0.15, 0.2) is 0 Å². The predicted molar refractivity (Wildman–Crippen MR) is 311 cm³/mol. The van der Waals surface area contributed by atoms with Crippen LogP contribution in [-0.4, -0.2) is 60.0 Å². The van der Waals surface area contributed by atoms with Crippen molar-refractivity contribution < 1.29 is 0 Å². The van der Waals surface area contributed by atoms with Crippen LogP contribution in [0.3, 0.4) is 0 Å². The third kappa shape index (κ3) is 38.7. The maximum atomic E-state index is 4.25. The van der Waals surface area contributed by atoms with Gasteiger partial charge in [0, 0.05) is 32.4 Å². The molecule has 0 spiro atoms. The van der Waals surface area contributed by atoms with Crippen molar-refractivity contribution >= 4 is 0 Å². The molecule has 0 aliphatic heterocycles. The zero-order valence-electron chi connectivity index (χ0n) is 50.8. The smallest absolute Gasteiger partial charge is 0.0827 e. The Hall–Kier alpha value is -3.44. The van der Waals surface area contributed by atoms with E-state index >= 15 is 0 Å². The minimum absolute atomic E-state index is 0.730. The van der Waals surface area contributed by atoms with Crippen molar-refractivity contribution in [3.05, 3.63) is 47.6 Å². The van der Waals surface area contributed by atoms with Gasteiger partial charge in [0.2, 0.25) is 0 Å². The standard InChI is InChI=1S/C17H33N3.C16H31N3.2C14H27N3/c1-15(2)10-7-5-6-8-12-17-14-18-19-20(17)13-9-11-16(3)4;1-14(2)9-6-5-7-12-19-13-16(17-18-19)11-8-10-15(3)4;2*1-12(2)7-5-6-8-14-11-15-16-17(14)10-9-13(3)4/h14-16H,5-13H2,1-4H3;13-15H,5-12H2,1-4H3;2*11-13H,5-10H2,1-4H3. The maximum Gasteiger partial charge on any atom is 0.0827 e. The summed E-state index contributed by atoms with van der Waals surface area (Å²) in [5.41, 5.74) is 5.07. The topological polar surface area (TPSA) is 123 Å². The fraction of sp³-hybridized carbons (Fsp3) is 0.869. The molecule has 0 atom stereocenters. The van der Waals surface area contributed by atoms with Crippen LogP contribution in [0.2, 0.25) is 0 Å². The fourth-order valence-electron chi connectivity index (χ4n) is 8.58. The Morgan fingerprint density at radius 1 is 0.301 bits per heavy atom. The Bertz CT molecular complexity index is 1730. The van der Waals surface area contributed by atoms with E-state index in [1.807, 2.05) is 23.3 Å². The normalized spacial score (nSPS) is 11.7. The van der Waals surface area contributed by atoms with Gasteiger partial charge < -0.3 is 0 Å². The number of hydrogen-bond acceptors (Lipinski definition) is 8. The average Bonchev–Trinajstić information content (AvgIpc) is 4.16. The molecule has 0 fully saturated rings. The van der Waals surface area contributed by atoms with E-state index in [-0.39, 0.29) is 0 Å². The van der Waals surface area contributed by atoms with Crippen molar-refractivity contribution in [3.63, 3.8) is 0 Å². The molecule has 4 aromatic rings. The summed E-state index contributed by atoms with van der Waals surface area (Å²) in [5.74, 6) is 6.35. The first-order valence-corrected chi connectivity index (χ1v) is 30.4. The summed E-state index contributed by atoms with van der Waals surface area (Å²) in [6, 6.07) is 0. The first-order chi connectivity index (χ1) is 34.9. The molecule has 0 radical (unpaired) electrons. The fourth-order valence-corrected chi connectivity index (χ4v) is 8.58. The highest BCUT2D eigenvalue weighted by Crippen LogP contribution is 2.16. The first-order valence-electron chi connectivity index (χ1n) is 30.4. The third-order valence-electron chi connectivity index (χ3n) is 13.4. The van der Waals surface area contributed by atoms with Crippen LogP contribution < -0.4 is 0 Å². The van der Waals surface area contributed by atoms with E-state index < -0.39 is 0 Å². The molecule has 0 aromatic carbocycles. The van der Waals surface area contributed by atoms with Crippen molar-refractivity contribution in [1.82, 2.24) is 60.0 Å². The zero-order chi connectivity index (χ0) is 54.2. The first kappa shape index (κ1) is 67.6. The summed E-state index contributed by atoms with van der Waals surface area (Å²) < 4.78 is 8.28. The summed E-state index contributed by atoms with van der Waals surface area (Å²) in [6.45, 7) is 40.5. The lowest BCUT2D eigenvalue weighted by Crippen LogP contribution is -2.07. The summed E-state index contributed by atoms with van der Waals surface area (Å²) in [7, 11) is 0. The quantitative estimate of drug-likeness (QED) is 0.0409. The zero-order valence-corrected chi connectivity index (χ0v) is 50.8. The molecule has 0 amide bonds. The van der Waals surface area contributed by atoms with Crippen LogP contribution in [0, 0.1) is 47.3 Å². The molecule has 422 valence electrons. The monoisotopic (exact) mass is 1020 g/mol. The SMILES string of the molecule is CC(C)CCCCCCc1cnnn1CCCC(C)C.CC(C)CCCCCn1cc(CCCC(C)C)nn1.CC(C)CCCCc1cnnn1CCC(C)C.CC(C)CCCCc1cnnn1CCC(C)C. The Morgan fingerprint density at radius 3 is 1.04 bits per heavy atom. The molecule has 0 N–H and O–H groups in total. The van der Waals surface area contributed by atoms with Gasteiger partial charge in [0.25, 0.3) is 0 Å². The van der Waals surface area contributed by atoms with E-state index in [0.29, 0.717) is 0 Å². The van der Waals surface area contributed by atoms with E-state index in [0.717, 1.165) is 105 Å². The Morgan fingerprint density at radius 2 is 0.630 bits per heavy atom. The number of nitrogens with zero attached hydrogens (tertiary/aromatic N) is 12. The van der Waals surface area contributed by atoms with Gasteiger partial charge in [0.1, 0.15) is 0 Å². The molecule has 73 heavy (non-hydrogen) atoms. The van der Waals surface area contributed by atoms with Crippen LogP contribution in [0.1, 0.15) is 268 Å². The van der Waals surface area contributed by atoms with Crippen molar-refractivity contribution in [2.45, 2.75) is 297 Å². The van der Waals surface area contributed by atoms with E-state index in [9.17, 15) is 0 Å². The molecular formula is C61H118N12. The largest absolute Gasteiger partial charge is 0.252 e. The van der Waals surface area contributed by atoms with Gasteiger partial charge in [-0.25, -0.2) is 14.0 Å². The van der Waals surface area contributed by atoms with Gasteiger partial charge in [-0.05, 0) is 131 Å². The number of rotatable bonds is 37. The van der Waals surface area contributed by atoms with E-state index in [4.69, 9.17) is 0 Å². The Kier molecular flexibility index (Phi) is 39.6. The second-order valence-corrected chi connectivity index (χ2v) is 24.9. The lowest BCUT2D eigenvalue weighted by Gasteiger charge is -2.08. The van der Waals surface area contributed by atoms with Crippen LogP contribution in [0.5, 0.6) is 0 Å². The number of aryl methyl sites for hydroxylation is 8. The van der Waals surface area contributed by atoms with Crippen molar-refractivity contribution in [2.75, 3.05) is 0 Å². The number of hydrogen-bond donors (Lipinski definition) is 0. The van der Waals surface area contributed by atoms with E-state index in [1.165, 1.54) is 152 Å². The second kappa shape index (κ2) is 42.7.